The molecule has 116 valence electrons. The highest BCUT2D eigenvalue weighted by Gasteiger charge is 2.23. The van der Waals surface area contributed by atoms with Crippen LogP contribution in [0, 0.1) is 12.7 Å². The van der Waals surface area contributed by atoms with Gasteiger partial charge in [0, 0.05) is 7.05 Å². The van der Waals surface area contributed by atoms with Crippen LogP contribution >= 0.6 is 0 Å². The van der Waals surface area contributed by atoms with Gasteiger partial charge in [0.2, 0.25) is 0 Å². The monoisotopic (exact) mass is 323 g/mol. The van der Waals surface area contributed by atoms with Gasteiger partial charge in [-0.15, -0.1) is 0 Å². The Morgan fingerprint density at radius 3 is 2.27 bits per heavy atom. The molecule has 22 heavy (non-hydrogen) atoms. The summed E-state index contributed by atoms with van der Waals surface area (Å²) in [7, 11) is -2.62. The Morgan fingerprint density at radius 1 is 1.14 bits per heavy atom. The van der Waals surface area contributed by atoms with Crippen molar-refractivity contribution in [1.82, 2.24) is 0 Å². The number of carboxylic acids is 1. The van der Waals surface area contributed by atoms with Gasteiger partial charge >= 0.3 is 5.97 Å². The van der Waals surface area contributed by atoms with Gasteiger partial charge < -0.3 is 5.11 Å². The van der Waals surface area contributed by atoms with E-state index in [0.717, 1.165) is 28.1 Å². The second-order valence-corrected chi connectivity index (χ2v) is 6.72. The lowest BCUT2D eigenvalue weighted by molar-refractivity contribution is 0.0691. The van der Waals surface area contributed by atoms with Gasteiger partial charge in [-0.1, -0.05) is 17.7 Å². The molecule has 0 aliphatic carbocycles. The summed E-state index contributed by atoms with van der Waals surface area (Å²) < 4.78 is 39.4. The predicted octanol–water partition coefficient (Wildman–Crippen LogP) is 2.66. The first-order valence-electron chi connectivity index (χ1n) is 6.32. The third-order valence-electron chi connectivity index (χ3n) is 3.22. The second kappa shape index (κ2) is 5.76. The smallest absolute Gasteiger partial charge is 0.338 e. The zero-order valence-corrected chi connectivity index (χ0v) is 12.8. The molecule has 0 saturated carbocycles. The molecule has 0 aliphatic rings. The molecule has 7 heteroatoms. The number of hydrogen-bond donors (Lipinski definition) is 1. The van der Waals surface area contributed by atoms with Crippen molar-refractivity contribution in [3.8, 4) is 0 Å². The Hall–Kier alpha value is -2.41. The molecule has 0 aromatic heterocycles. The van der Waals surface area contributed by atoms with Gasteiger partial charge in [0.05, 0.1) is 16.1 Å². The van der Waals surface area contributed by atoms with Crippen LogP contribution in [0.1, 0.15) is 15.9 Å². The van der Waals surface area contributed by atoms with Gasteiger partial charge in [0.25, 0.3) is 10.0 Å². The number of aryl methyl sites for hydroxylation is 1. The molecule has 0 heterocycles. The van der Waals surface area contributed by atoms with E-state index in [9.17, 15) is 17.6 Å². The van der Waals surface area contributed by atoms with Gasteiger partial charge in [-0.2, -0.15) is 0 Å². The molecule has 0 atom stereocenters. The number of benzene rings is 2. The fourth-order valence-corrected chi connectivity index (χ4v) is 3.10. The number of nitrogens with zero attached hydrogens (tertiary/aromatic N) is 1. The summed E-state index contributed by atoms with van der Waals surface area (Å²) in [5.41, 5.74) is 0.717. The largest absolute Gasteiger partial charge is 0.478 e. The third-order valence-corrected chi connectivity index (χ3v) is 5.01. The van der Waals surface area contributed by atoms with E-state index in [1.165, 1.54) is 7.05 Å². The van der Waals surface area contributed by atoms with E-state index in [4.69, 9.17) is 5.11 Å². The van der Waals surface area contributed by atoms with E-state index in [-0.39, 0.29) is 4.90 Å². The minimum atomic E-state index is -3.97. The molecule has 0 unspecified atom stereocenters. The third kappa shape index (κ3) is 2.94. The number of sulfonamides is 1. The van der Waals surface area contributed by atoms with E-state index < -0.39 is 27.4 Å². The van der Waals surface area contributed by atoms with Crippen LogP contribution in [0.5, 0.6) is 0 Å². The Labute approximate surface area is 127 Å². The average Bonchev–Trinajstić information content (AvgIpc) is 2.47. The molecule has 5 nitrogen and oxygen atoms in total. The lowest BCUT2D eigenvalue weighted by atomic mass is 10.2. The van der Waals surface area contributed by atoms with Crippen molar-refractivity contribution < 1.29 is 22.7 Å². The minimum absolute atomic E-state index is 0.283. The Kier molecular flexibility index (Phi) is 4.18. The van der Waals surface area contributed by atoms with Gasteiger partial charge in [0.15, 0.2) is 0 Å². The molecule has 2 rings (SSSR count). The molecule has 0 bridgehead atoms. The lowest BCUT2D eigenvalue weighted by Crippen LogP contribution is -2.26. The van der Waals surface area contributed by atoms with Crippen LogP contribution in [-0.2, 0) is 10.0 Å². The average molecular weight is 323 g/mol. The Bertz CT molecular complexity index is 816. The molecule has 0 spiro atoms. The summed E-state index contributed by atoms with van der Waals surface area (Å²) >= 11 is 0. The fourth-order valence-electron chi connectivity index (χ4n) is 1.88. The van der Waals surface area contributed by atoms with Crippen LogP contribution in [0.2, 0.25) is 0 Å². The molecular formula is C15H14FNO4S. The highest BCUT2D eigenvalue weighted by molar-refractivity contribution is 7.92. The molecule has 0 radical (unpaired) electrons. The van der Waals surface area contributed by atoms with Crippen molar-refractivity contribution in [1.29, 1.82) is 0 Å². The molecule has 0 fully saturated rings. The molecule has 0 amide bonds. The van der Waals surface area contributed by atoms with Crippen LogP contribution in [-0.4, -0.2) is 26.5 Å². The molecule has 0 aliphatic heterocycles. The standard InChI is InChI=1S/C15H14FNO4S/c1-10-3-5-11(6-4-10)17(2)22(20,21)12-7-8-14(16)13(9-12)15(18)19/h3-9H,1-2H3,(H,18,19). The predicted molar refractivity (Wildman–Crippen MR) is 80.1 cm³/mol. The zero-order chi connectivity index (χ0) is 16.5. The van der Waals surface area contributed by atoms with Crippen molar-refractivity contribution in [2.24, 2.45) is 0 Å². The first-order valence-corrected chi connectivity index (χ1v) is 7.76. The summed E-state index contributed by atoms with van der Waals surface area (Å²) in [5.74, 6) is -2.50. The molecule has 2 aromatic rings. The van der Waals surface area contributed by atoms with Crippen molar-refractivity contribution in [2.45, 2.75) is 11.8 Å². The number of rotatable bonds is 4. The van der Waals surface area contributed by atoms with Crippen molar-refractivity contribution in [3.05, 3.63) is 59.4 Å². The summed E-state index contributed by atoms with van der Waals surface area (Å²) in [6.07, 6.45) is 0. The zero-order valence-electron chi connectivity index (χ0n) is 11.9. The lowest BCUT2D eigenvalue weighted by Gasteiger charge is -2.20. The van der Waals surface area contributed by atoms with E-state index in [1.807, 2.05) is 6.92 Å². The van der Waals surface area contributed by atoms with Crippen LogP contribution in [0.25, 0.3) is 0 Å². The second-order valence-electron chi connectivity index (χ2n) is 4.75. The Morgan fingerprint density at radius 2 is 1.73 bits per heavy atom. The SMILES string of the molecule is Cc1ccc(N(C)S(=O)(=O)c2ccc(F)c(C(=O)O)c2)cc1. The van der Waals surface area contributed by atoms with Crippen LogP contribution < -0.4 is 4.31 Å². The van der Waals surface area contributed by atoms with E-state index >= 15 is 0 Å². The normalized spacial score (nSPS) is 11.2. The van der Waals surface area contributed by atoms with E-state index in [0.29, 0.717) is 5.69 Å². The number of hydrogen-bond acceptors (Lipinski definition) is 3. The number of carboxylic acid groups (broad SMARTS) is 1. The van der Waals surface area contributed by atoms with Crippen LogP contribution in [0.3, 0.4) is 0 Å². The molecule has 0 saturated heterocycles. The van der Waals surface area contributed by atoms with Crippen LogP contribution in [0.4, 0.5) is 10.1 Å². The van der Waals surface area contributed by atoms with Gasteiger partial charge in [0.1, 0.15) is 5.82 Å². The van der Waals surface area contributed by atoms with Gasteiger partial charge in [-0.05, 0) is 37.3 Å². The maximum atomic E-state index is 13.4. The number of aromatic carboxylic acids is 1. The molecule has 1 N–H and O–H groups in total. The maximum Gasteiger partial charge on any atom is 0.338 e. The maximum absolute atomic E-state index is 13.4. The number of anilines is 1. The van der Waals surface area contributed by atoms with E-state index in [1.54, 1.807) is 24.3 Å². The fraction of sp³-hybridized carbons (Fsp3) is 0.133. The molecule has 2 aromatic carbocycles. The summed E-state index contributed by atoms with van der Waals surface area (Å²) in [4.78, 5) is 10.6. The van der Waals surface area contributed by atoms with E-state index in [2.05, 4.69) is 0 Å². The topological polar surface area (TPSA) is 74.7 Å². The minimum Gasteiger partial charge on any atom is -0.478 e. The van der Waals surface area contributed by atoms with Crippen molar-refractivity contribution >= 4 is 21.7 Å². The van der Waals surface area contributed by atoms with Crippen molar-refractivity contribution in [3.63, 3.8) is 0 Å². The molecular weight excluding hydrogens is 309 g/mol. The first-order chi connectivity index (χ1) is 10.2. The highest BCUT2D eigenvalue weighted by atomic mass is 32.2. The first kappa shape index (κ1) is 16.0. The number of carbonyl (C=O) groups is 1. The summed E-state index contributed by atoms with van der Waals surface area (Å²) in [5, 5.41) is 8.89. The number of halogens is 1. The van der Waals surface area contributed by atoms with Crippen LogP contribution in [0.15, 0.2) is 47.4 Å². The summed E-state index contributed by atoms with van der Waals surface area (Å²) in [6, 6.07) is 9.48. The Balaban J connectivity index is 2.48. The van der Waals surface area contributed by atoms with Gasteiger partial charge in [-0.25, -0.2) is 17.6 Å². The highest BCUT2D eigenvalue weighted by Crippen LogP contribution is 2.23. The van der Waals surface area contributed by atoms with Crippen molar-refractivity contribution in [2.75, 3.05) is 11.4 Å². The quantitative estimate of drug-likeness (QED) is 0.938. The van der Waals surface area contributed by atoms with Gasteiger partial charge in [-0.3, -0.25) is 4.31 Å². The summed E-state index contributed by atoms with van der Waals surface area (Å²) in [6.45, 7) is 1.87.